The van der Waals surface area contributed by atoms with Crippen molar-refractivity contribution in [2.24, 2.45) is 11.8 Å². The summed E-state index contributed by atoms with van der Waals surface area (Å²) in [7, 11) is 1.86. The van der Waals surface area contributed by atoms with Crippen molar-refractivity contribution in [3.8, 4) is 0 Å². The average Bonchev–Trinajstić information content (AvgIpc) is 3.30. The molecule has 1 aliphatic heterocycles. The zero-order valence-electron chi connectivity index (χ0n) is 11.2. The monoisotopic (exact) mass is 267 g/mol. The summed E-state index contributed by atoms with van der Waals surface area (Å²) in [6, 6.07) is 0.361. The van der Waals surface area contributed by atoms with Crippen molar-refractivity contribution in [1.82, 2.24) is 4.90 Å². The standard InChI is InChI=1S/C14H21NO4/c1-15(12(8-2-3-8)9-4-5-9)13(16)10-6-7-11(19-10)14(17)18/h8-12H,2-7H2,1H3,(H,17,18)/t10-,11+/m0/s1. The van der Waals surface area contributed by atoms with Crippen LogP contribution in [-0.4, -0.2) is 47.2 Å². The van der Waals surface area contributed by atoms with E-state index in [9.17, 15) is 9.59 Å². The lowest BCUT2D eigenvalue weighted by Gasteiger charge is -2.30. The molecule has 3 aliphatic rings. The number of carboxylic acid groups (broad SMARTS) is 1. The van der Waals surface area contributed by atoms with Crippen molar-refractivity contribution in [1.29, 1.82) is 0 Å². The second kappa shape index (κ2) is 4.78. The number of carboxylic acids is 1. The predicted molar refractivity (Wildman–Crippen MR) is 67.5 cm³/mol. The first-order chi connectivity index (χ1) is 9.08. The third kappa shape index (κ3) is 2.61. The molecule has 0 unspecified atom stereocenters. The van der Waals surface area contributed by atoms with Crippen LogP contribution in [0.2, 0.25) is 0 Å². The minimum absolute atomic E-state index is 0.0208. The van der Waals surface area contributed by atoms with E-state index >= 15 is 0 Å². The fraction of sp³-hybridized carbons (Fsp3) is 0.857. The Morgan fingerprint density at radius 2 is 1.58 bits per heavy atom. The van der Waals surface area contributed by atoms with Gasteiger partial charge in [-0.05, 0) is 50.4 Å². The van der Waals surface area contributed by atoms with E-state index in [1.807, 2.05) is 11.9 Å². The van der Waals surface area contributed by atoms with Crippen LogP contribution in [0, 0.1) is 11.8 Å². The molecule has 106 valence electrons. The summed E-state index contributed by atoms with van der Waals surface area (Å²) in [6.07, 6.45) is 4.52. The number of carbonyl (C=O) groups excluding carboxylic acids is 1. The Balaban J connectivity index is 1.61. The van der Waals surface area contributed by atoms with Crippen molar-refractivity contribution >= 4 is 11.9 Å². The van der Waals surface area contributed by atoms with Gasteiger partial charge in [-0.1, -0.05) is 0 Å². The van der Waals surface area contributed by atoms with Crippen LogP contribution in [0.5, 0.6) is 0 Å². The van der Waals surface area contributed by atoms with Gasteiger partial charge in [0.05, 0.1) is 0 Å². The Bertz CT molecular complexity index is 377. The minimum Gasteiger partial charge on any atom is -0.479 e. The molecule has 3 fully saturated rings. The van der Waals surface area contributed by atoms with Gasteiger partial charge in [-0.2, -0.15) is 0 Å². The van der Waals surface area contributed by atoms with Crippen LogP contribution in [0.25, 0.3) is 0 Å². The number of nitrogens with zero attached hydrogens (tertiary/aromatic N) is 1. The highest BCUT2D eigenvalue weighted by molar-refractivity contribution is 5.83. The molecule has 0 aromatic rings. The fourth-order valence-corrected chi connectivity index (χ4v) is 3.27. The molecule has 1 amide bonds. The molecule has 0 aromatic heterocycles. The van der Waals surface area contributed by atoms with Crippen LogP contribution in [0.4, 0.5) is 0 Å². The lowest BCUT2D eigenvalue weighted by Crippen LogP contribution is -2.45. The zero-order chi connectivity index (χ0) is 13.6. The van der Waals surface area contributed by atoms with E-state index in [2.05, 4.69) is 0 Å². The zero-order valence-corrected chi connectivity index (χ0v) is 11.2. The molecule has 2 saturated carbocycles. The van der Waals surface area contributed by atoms with Gasteiger partial charge < -0.3 is 14.7 Å². The molecule has 0 bridgehead atoms. The number of aliphatic carboxylic acids is 1. The molecule has 5 heteroatoms. The Labute approximate surface area is 112 Å². The molecule has 2 aliphatic carbocycles. The van der Waals surface area contributed by atoms with Gasteiger partial charge in [-0.25, -0.2) is 4.79 Å². The predicted octanol–water partition coefficient (Wildman–Crippen LogP) is 1.27. The van der Waals surface area contributed by atoms with Crippen molar-refractivity contribution in [2.45, 2.75) is 56.8 Å². The van der Waals surface area contributed by atoms with Gasteiger partial charge in [-0.15, -0.1) is 0 Å². The molecule has 0 spiro atoms. The summed E-state index contributed by atoms with van der Waals surface area (Å²) in [4.78, 5) is 25.1. The Kier molecular flexibility index (Phi) is 3.25. The largest absolute Gasteiger partial charge is 0.479 e. The van der Waals surface area contributed by atoms with E-state index in [-0.39, 0.29) is 5.91 Å². The summed E-state index contributed by atoms with van der Waals surface area (Å²) >= 11 is 0. The van der Waals surface area contributed by atoms with Gasteiger partial charge in [0.15, 0.2) is 6.10 Å². The summed E-state index contributed by atoms with van der Waals surface area (Å²) in [5, 5.41) is 8.91. The van der Waals surface area contributed by atoms with Crippen LogP contribution < -0.4 is 0 Å². The summed E-state index contributed by atoms with van der Waals surface area (Å²) in [5.74, 6) is 0.350. The van der Waals surface area contributed by atoms with Gasteiger partial charge >= 0.3 is 5.97 Å². The third-order valence-electron chi connectivity index (χ3n) is 4.58. The Hall–Kier alpha value is -1.10. The highest BCUT2D eigenvalue weighted by Crippen LogP contribution is 2.47. The first-order valence-electron chi connectivity index (χ1n) is 7.23. The van der Waals surface area contributed by atoms with E-state index in [0.717, 1.165) is 0 Å². The summed E-state index contributed by atoms with van der Waals surface area (Å²) in [5.41, 5.74) is 0. The molecule has 19 heavy (non-hydrogen) atoms. The molecular formula is C14H21NO4. The van der Waals surface area contributed by atoms with Gasteiger partial charge in [-0.3, -0.25) is 4.79 Å². The van der Waals surface area contributed by atoms with E-state index in [0.29, 0.717) is 30.7 Å². The normalized spacial score (nSPS) is 30.6. The maximum absolute atomic E-state index is 12.4. The lowest BCUT2D eigenvalue weighted by atomic mass is 10.0. The summed E-state index contributed by atoms with van der Waals surface area (Å²) in [6.45, 7) is 0. The van der Waals surface area contributed by atoms with E-state index in [1.54, 1.807) is 0 Å². The quantitative estimate of drug-likeness (QED) is 0.814. The maximum atomic E-state index is 12.4. The second-order valence-corrected chi connectivity index (χ2v) is 6.14. The van der Waals surface area contributed by atoms with Gasteiger partial charge in [0.25, 0.3) is 5.91 Å². The second-order valence-electron chi connectivity index (χ2n) is 6.14. The maximum Gasteiger partial charge on any atom is 0.332 e. The van der Waals surface area contributed by atoms with Gasteiger partial charge in [0.2, 0.25) is 0 Å². The number of hydrogen-bond acceptors (Lipinski definition) is 3. The molecule has 0 radical (unpaired) electrons. The van der Waals surface area contributed by atoms with Crippen LogP contribution in [-0.2, 0) is 14.3 Å². The third-order valence-corrected chi connectivity index (χ3v) is 4.58. The van der Waals surface area contributed by atoms with Crippen LogP contribution in [0.1, 0.15) is 38.5 Å². The molecule has 0 aromatic carbocycles. The lowest BCUT2D eigenvalue weighted by molar-refractivity contribution is -0.155. The smallest absolute Gasteiger partial charge is 0.332 e. The topological polar surface area (TPSA) is 66.8 Å². The molecule has 2 atom stereocenters. The molecule has 1 saturated heterocycles. The highest BCUT2D eigenvalue weighted by Gasteiger charge is 2.47. The number of carbonyl (C=O) groups is 2. The van der Waals surface area contributed by atoms with Crippen LogP contribution in [0.3, 0.4) is 0 Å². The number of ether oxygens (including phenoxy) is 1. The van der Waals surface area contributed by atoms with Crippen LogP contribution in [0.15, 0.2) is 0 Å². The van der Waals surface area contributed by atoms with Crippen molar-refractivity contribution in [2.75, 3.05) is 7.05 Å². The SMILES string of the molecule is CN(C(=O)[C@@H]1CC[C@H](C(=O)O)O1)C(C1CC1)C1CC1. The number of likely N-dealkylation sites (N-methyl/N-ethyl adjacent to an activating group) is 1. The molecule has 1 N–H and O–H groups in total. The molecule has 1 heterocycles. The van der Waals surface area contributed by atoms with Crippen molar-refractivity contribution in [3.63, 3.8) is 0 Å². The van der Waals surface area contributed by atoms with Crippen molar-refractivity contribution < 1.29 is 19.4 Å². The molecular weight excluding hydrogens is 246 g/mol. The van der Waals surface area contributed by atoms with Crippen molar-refractivity contribution in [3.05, 3.63) is 0 Å². The summed E-state index contributed by atoms with van der Waals surface area (Å²) < 4.78 is 5.37. The van der Waals surface area contributed by atoms with E-state index in [4.69, 9.17) is 9.84 Å². The molecule has 3 rings (SSSR count). The van der Waals surface area contributed by atoms with Gasteiger partial charge in [0, 0.05) is 13.1 Å². The fourth-order valence-electron chi connectivity index (χ4n) is 3.27. The van der Waals surface area contributed by atoms with E-state index in [1.165, 1.54) is 25.7 Å². The number of rotatable bonds is 5. The first-order valence-corrected chi connectivity index (χ1v) is 7.23. The van der Waals surface area contributed by atoms with E-state index < -0.39 is 18.2 Å². The Morgan fingerprint density at radius 1 is 1.05 bits per heavy atom. The first kappa shape index (κ1) is 12.9. The Morgan fingerprint density at radius 3 is 2.00 bits per heavy atom. The van der Waals surface area contributed by atoms with Crippen LogP contribution >= 0.6 is 0 Å². The van der Waals surface area contributed by atoms with Gasteiger partial charge in [0.1, 0.15) is 6.10 Å². The molecule has 5 nitrogen and oxygen atoms in total. The average molecular weight is 267 g/mol. The minimum atomic E-state index is -0.959. The number of amides is 1. The number of hydrogen-bond donors (Lipinski definition) is 1. The highest BCUT2D eigenvalue weighted by atomic mass is 16.5.